The standard InChI is InChI=1S/C16H28N4/c1-12-8-15(9-13(2)17)10-18-16(12)20-7-5-6-19(4)11-14(20)3/h8,10,13-14H,5-7,9,11,17H2,1-4H3. The van der Waals surface area contributed by atoms with Crippen LogP contribution >= 0.6 is 0 Å². The highest BCUT2D eigenvalue weighted by Gasteiger charge is 2.22. The third kappa shape index (κ3) is 3.70. The molecule has 0 bridgehead atoms. The van der Waals surface area contributed by atoms with Crippen molar-refractivity contribution < 1.29 is 0 Å². The van der Waals surface area contributed by atoms with Crippen molar-refractivity contribution in [2.45, 2.75) is 45.7 Å². The van der Waals surface area contributed by atoms with Gasteiger partial charge in [0.2, 0.25) is 0 Å². The van der Waals surface area contributed by atoms with Gasteiger partial charge in [-0.15, -0.1) is 0 Å². The molecule has 0 radical (unpaired) electrons. The van der Waals surface area contributed by atoms with Crippen LogP contribution in [0.3, 0.4) is 0 Å². The summed E-state index contributed by atoms with van der Waals surface area (Å²) >= 11 is 0. The van der Waals surface area contributed by atoms with E-state index >= 15 is 0 Å². The topological polar surface area (TPSA) is 45.4 Å². The second-order valence-electron chi connectivity index (χ2n) is 6.32. The molecule has 2 rings (SSSR count). The fraction of sp³-hybridized carbons (Fsp3) is 0.688. The largest absolute Gasteiger partial charge is 0.352 e. The number of aryl methyl sites for hydroxylation is 1. The molecule has 2 unspecified atom stereocenters. The van der Waals surface area contributed by atoms with Crippen molar-refractivity contribution in [2.75, 3.05) is 31.6 Å². The smallest absolute Gasteiger partial charge is 0.131 e. The number of hydrogen-bond donors (Lipinski definition) is 1. The first kappa shape index (κ1) is 15.3. The van der Waals surface area contributed by atoms with E-state index in [1.54, 1.807) is 0 Å². The second kappa shape index (κ2) is 6.55. The van der Waals surface area contributed by atoms with E-state index in [2.05, 4.69) is 36.8 Å². The molecule has 20 heavy (non-hydrogen) atoms. The van der Waals surface area contributed by atoms with Crippen LogP contribution in [-0.4, -0.2) is 48.6 Å². The summed E-state index contributed by atoms with van der Waals surface area (Å²) < 4.78 is 0. The van der Waals surface area contributed by atoms with E-state index < -0.39 is 0 Å². The Bertz CT molecular complexity index is 444. The van der Waals surface area contributed by atoms with Crippen LogP contribution < -0.4 is 10.6 Å². The minimum absolute atomic E-state index is 0.188. The van der Waals surface area contributed by atoms with Crippen molar-refractivity contribution in [1.29, 1.82) is 0 Å². The highest BCUT2D eigenvalue weighted by molar-refractivity contribution is 5.48. The Balaban J connectivity index is 2.19. The van der Waals surface area contributed by atoms with Gasteiger partial charge in [0.1, 0.15) is 5.82 Å². The minimum Gasteiger partial charge on any atom is -0.352 e. The van der Waals surface area contributed by atoms with Gasteiger partial charge in [-0.3, -0.25) is 0 Å². The quantitative estimate of drug-likeness (QED) is 0.914. The molecule has 2 heterocycles. The molecule has 2 atom stereocenters. The third-order valence-electron chi connectivity index (χ3n) is 3.98. The zero-order valence-electron chi connectivity index (χ0n) is 13.3. The van der Waals surface area contributed by atoms with Gasteiger partial charge < -0.3 is 15.5 Å². The first-order chi connectivity index (χ1) is 9.47. The minimum atomic E-state index is 0.188. The number of hydrogen-bond acceptors (Lipinski definition) is 4. The summed E-state index contributed by atoms with van der Waals surface area (Å²) in [5, 5.41) is 0. The number of aromatic nitrogens is 1. The molecule has 0 spiro atoms. The van der Waals surface area contributed by atoms with Crippen molar-refractivity contribution in [3.63, 3.8) is 0 Å². The van der Waals surface area contributed by atoms with Gasteiger partial charge in [0.05, 0.1) is 0 Å². The Morgan fingerprint density at radius 1 is 1.45 bits per heavy atom. The SMILES string of the molecule is Cc1cc(CC(C)N)cnc1N1CCCN(C)CC1C. The predicted molar refractivity (Wildman–Crippen MR) is 85.2 cm³/mol. The molecule has 1 saturated heterocycles. The number of pyridine rings is 1. The van der Waals surface area contributed by atoms with Crippen LogP contribution in [0.5, 0.6) is 0 Å². The lowest BCUT2D eigenvalue weighted by Crippen LogP contribution is -2.38. The molecule has 1 aliphatic rings. The molecule has 2 N–H and O–H groups in total. The normalized spacial score (nSPS) is 22.6. The fourth-order valence-electron chi connectivity index (χ4n) is 3.10. The van der Waals surface area contributed by atoms with Crippen LogP contribution in [0.1, 0.15) is 31.4 Å². The van der Waals surface area contributed by atoms with Crippen molar-refractivity contribution in [3.8, 4) is 0 Å². The average molecular weight is 276 g/mol. The average Bonchev–Trinajstić information content (AvgIpc) is 2.50. The number of nitrogens with two attached hydrogens (primary N) is 1. The lowest BCUT2D eigenvalue weighted by atomic mass is 10.1. The number of likely N-dealkylation sites (N-methyl/N-ethyl adjacent to an activating group) is 1. The van der Waals surface area contributed by atoms with Crippen LogP contribution in [0.15, 0.2) is 12.3 Å². The first-order valence-corrected chi connectivity index (χ1v) is 7.63. The number of nitrogens with zero attached hydrogens (tertiary/aromatic N) is 3. The highest BCUT2D eigenvalue weighted by Crippen LogP contribution is 2.22. The van der Waals surface area contributed by atoms with Crippen LogP contribution in [0.2, 0.25) is 0 Å². The molecule has 4 heteroatoms. The van der Waals surface area contributed by atoms with Gasteiger partial charge in [0, 0.05) is 31.4 Å². The van der Waals surface area contributed by atoms with E-state index in [4.69, 9.17) is 10.7 Å². The highest BCUT2D eigenvalue weighted by atomic mass is 15.3. The molecule has 112 valence electrons. The second-order valence-corrected chi connectivity index (χ2v) is 6.32. The summed E-state index contributed by atoms with van der Waals surface area (Å²) in [5.74, 6) is 1.14. The Morgan fingerprint density at radius 3 is 2.85 bits per heavy atom. The first-order valence-electron chi connectivity index (χ1n) is 7.63. The lowest BCUT2D eigenvalue weighted by Gasteiger charge is -2.30. The Kier molecular flexibility index (Phi) is 5.00. The molecule has 1 aliphatic heterocycles. The fourth-order valence-corrected chi connectivity index (χ4v) is 3.10. The molecule has 1 aromatic heterocycles. The summed E-state index contributed by atoms with van der Waals surface area (Å²) in [5.41, 5.74) is 8.37. The summed E-state index contributed by atoms with van der Waals surface area (Å²) in [6.45, 7) is 9.85. The molecule has 1 fully saturated rings. The zero-order chi connectivity index (χ0) is 14.7. The van der Waals surface area contributed by atoms with Crippen LogP contribution in [0.4, 0.5) is 5.82 Å². The molecule has 1 aromatic rings. The van der Waals surface area contributed by atoms with Crippen LogP contribution in [0.25, 0.3) is 0 Å². The molecule has 0 aromatic carbocycles. The third-order valence-corrected chi connectivity index (χ3v) is 3.98. The Labute approximate surface area is 123 Å². The monoisotopic (exact) mass is 276 g/mol. The van der Waals surface area contributed by atoms with Crippen molar-refractivity contribution in [1.82, 2.24) is 9.88 Å². The maximum absolute atomic E-state index is 5.87. The number of anilines is 1. The van der Waals surface area contributed by atoms with E-state index in [1.165, 1.54) is 24.1 Å². The number of rotatable bonds is 3. The van der Waals surface area contributed by atoms with Gasteiger partial charge in [0.15, 0.2) is 0 Å². The van der Waals surface area contributed by atoms with Crippen molar-refractivity contribution >= 4 is 5.82 Å². The summed E-state index contributed by atoms with van der Waals surface area (Å²) in [6, 6.07) is 2.94. The van der Waals surface area contributed by atoms with Gasteiger partial charge in [-0.2, -0.15) is 0 Å². The van der Waals surface area contributed by atoms with E-state index in [0.29, 0.717) is 6.04 Å². The molecular weight excluding hydrogens is 248 g/mol. The summed E-state index contributed by atoms with van der Waals surface area (Å²) in [4.78, 5) is 9.58. The van der Waals surface area contributed by atoms with Gasteiger partial charge in [-0.05, 0) is 58.3 Å². The molecule has 4 nitrogen and oxygen atoms in total. The van der Waals surface area contributed by atoms with Gasteiger partial charge in [0.25, 0.3) is 0 Å². The predicted octanol–water partition coefficient (Wildman–Crippen LogP) is 1.81. The molecular formula is C16H28N4. The van der Waals surface area contributed by atoms with Gasteiger partial charge >= 0.3 is 0 Å². The van der Waals surface area contributed by atoms with Crippen LogP contribution in [0, 0.1) is 6.92 Å². The summed E-state index contributed by atoms with van der Waals surface area (Å²) in [6.07, 6.45) is 4.09. The molecule has 0 saturated carbocycles. The maximum Gasteiger partial charge on any atom is 0.131 e. The van der Waals surface area contributed by atoms with Crippen molar-refractivity contribution in [2.24, 2.45) is 5.73 Å². The van der Waals surface area contributed by atoms with E-state index in [-0.39, 0.29) is 6.04 Å². The Hall–Kier alpha value is -1.13. The maximum atomic E-state index is 5.87. The van der Waals surface area contributed by atoms with E-state index in [0.717, 1.165) is 25.3 Å². The van der Waals surface area contributed by atoms with Gasteiger partial charge in [-0.1, -0.05) is 6.07 Å². The van der Waals surface area contributed by atoms with E-state index in [1.807, 2.05) is 13.1 Å². The zero-order valence-corrected chi connectivity index (χ0v) is 13.3. The van der Waals surface area contributed by atoms with Crippen LogP contribution in [-0.2, 0) is 6.42 Å². The molecule has 0 amide bonds. The molecule has 0 aliphatic carbocycles. The Morgan fingerprint density at radius 2 is 2.20 bits per heavy atom. The van der Waals surface area contributed by atoms with E-state index in [9.17, 15) is 0 Å². The van der Waals surface area contributed by atoms with Gasteiger partial charge in [-0.25, -0.2) is 4.98 Å². The van der Waals surface area contributed by atoms with Crippen molar-refractivity contribution in [3.05, 3.63) is 23.4 Å². The lowest BCUT2D eigenvalue weighted by molar-refractivity contribution is 0.337. The summed E-state index contributed by atoms with van der Waals surface area (Å²) in [7, 11) is 2.20.